The van der Waals surface area contributed by atoms with Crippen molar-refractivity contribution >= 4 is 23.6 Å². The maximum Gasteiger partial charge on any atom is 0.311 e. The Balaban J connectivity index is 1.73. The Morgan fingerprint density at radius 1 is 1.17 bits per heavy atom. The van der Waals surface area contributed by atoms with Crippen molar-refractivity contribution in [1.82, 2.24) is 5.32 Å². The van der Waals surface area contributed by atoms with Crippen molar-refractivity contribution in [2.45, 2.75) is 43.4 Å². The van der Waals surface area contributed by atoms with E-state index in [9.17, 15) is 19.1 Å². The zero-order valence-corrected chi connectivity index (χ0v) is 13.8. The number of benzene rings is 1. The van der Waals surface area contributed by atoms with Crippen molar-refractivity contribution in [2.75, 3.05) is 12.3 Å². The molecule has 23 heavy (non-hydrogen) atoms. The van der Waals surface area contributed by atoms with Crippen LogP contribution in [0.2, 0.25) is 0 Å². The summed E-state index contributed by atoms with van der Waals surface area (Å²) in [4.78, 5) is 24.4. The summed E-state index contributed by atoms with van der Waals surface area (Å²) in [6.45, 7) is 0.211. The van der Waals surface area contributed by atoms with Gasteiger partial charge in [0.05, 0.1) is 5.41 Å². The SMILES string of the molecule is O=C(CCSc1ccc(F)cc1)NCC1(C(=O)O)CCCCC1. The summed E-state index contributed by atoms with van der Waals surface area (Å²) in [5.41, 5.74) is -0.794. The zero-order valence-electron chi connectivity index (χ0n) is 13.0. The highest BCUT2D eigenvalue weighted by molar-refractivity contribution is 7.99. The third-order valence-corrected chi connectivity index (χ3v) is 5.31. The van der Waals surface area contributed by atoms with Crippen LogP contribution in [0.3, 0.4) is 0 Å². The maximum absolute atomic E-state index is 12.8. The monoisotopic (exact) mass is 339 g/mol. The van der Waals surface area contributed by atoms with Gasteiger partial charge in [0.1, 0.15) is 5.82 Å². The van der Waals surface area contributed by atoms with Crippen LogP contribution in [-0.2, 0) is 9.59 Å². The number of aliphatic carboxylic acids is 1. The van der Waals surface area contributed by atoms with E-state index < -0.39 is 11.4 Å². The summed E-state index contributed by atoms with van der Waals surface area (Å²) >= 11 is 1.48. The highest BCUT2D eigenvalue weighted by atomic mass is 32.2. The van der Waals surface area contributed by atoms with E-state index in [1.165, 1.54) is 23.9 Å². The summed E-state index contributed by atoms with van der Waals surface area (Å²) in [7, 11) is 0. The van der Waals surface area contributed by atoms with Gasteiger partial charge >= 0.3 is 5.97 Å². The Hall–Kier alpha value is -1.56. The van der Waals surface area contributed by atoms with Crippen LogP contribution in [0.25, 0.3) is 0 Å². The fourth-order valence-corrected chi connectivity index (χ4v) is 3.70. The van der Waals surface area contributed by atoms with Gasteiger partial charge in [-0.1, -0.05) is 19.3 Å². The number of halogens is 1. The van der Waals surface area contributed by atoms with E-state index in [0.717, 1.165) is 24.2 Å². The van der Waals surface area contributed by atoms with Gasteiger partial charge in [-0.2, -0.15) is 0 Å². The number of carboxylic acid groups (broad SMARTS) is 1. The van der Waals surface area contributed by atoms with Crippen molar-refractivity contribution in [2.24, 2.45) is 5.41 Å². The lowest BCUT2D eigenvalue weighted by atomic mass is 9.74. The first-order valence-electron chi connectivity index (χ1n) is 7.90. The minimum atomic E-state index is -0.807. The van der Waals surface area contributed by atoms with Gasteiger partial charge in [0.25, 0.3) is 0 Å². The first kappa shape index (κ1) is 17.8. The van der Waals surface area contributed by atoms with Gasteiger partial charge in [0.15, 0.2) is 0 Å². The van der Waals surface area contributed by atoms with Gasteiger partial charge in [-0.15, -0.1) is 11.8 Å². The molecule has 126 valence electrons. The molecule has 4 nitrogen and oxygen atoms in total. The number of carbonyl (C=O) groups excluding carboxylic acids is 1. The van der Waals surface area contributed by atoms with Crippen LogP contribution in [0.1, 0.15) is 38.5 Å². The topological polar surface area (TPSA) is 66.4 Å². The van der Waals surface area contributed by atoms with Crippen LogP contribution >= 0.6 is 11.8 Å². The van der Waals surface area contributed by atoms with E-state index in [-0.39, 0.29) is 18.3 Å². The quantitative estimate of drug-likeness (QED) is 0.747. The molecule has 2 rings (SSSR count). The highest BCUT2D eigenvalue weighted by Crippen LogP contribution is 2.36. The number of nitrogens with one attached hydrogen (secondary N) is 1. The largest absolute Gasteiger partial charge is 0.481 e. The molecule has 1 amide bonds. The first-order chi connectivity index (χ1) is 11.0. The number of carbonyl (C=O) groups is 2. The molecule has 0 radical (unpaired) electrons. The number of rotatable bonds is 7. The van der Waals surface area contributed by atoms with E-state index in [1.807, 2.05) is 0 Å². The molecule has 0 atom stereocenters. The third kappa shape index (κ3) is 5.23. The molecular weight excluding hydrogens is 317 g/mol. The molecular formula is C17H22FNO3S. The van der Waals surface area contributed by atoms with Crippen LogP contribution in [0.5, 0.6) is 0 Å². The third-order valence-electron chi connectivity index (χ3n) is 4.30. The fourth-order valence-electron chi connectivity index (χ4n) is 2.84. The fraction of sp³-hybridized carbons (Fsp3) is 0.529. The molecule has 0 aromatic heterocycles. The minimum absolute atomic E-state index is 0.134. The summed E-state index contributed by atoms with van der Waals surface area (Å²) in [5.74, 6) is -0.639. The molecule has 0 aliphatic heterocycles. The Kier molecular flexibility index (Phi) is 6.45. The van der Waals surface area contributed by atoms with Crippen LogP contribution in [0.4, 0.5) is 4.39 Å². The number of carboxylic acids is 1. The van der Waals surface area contributed by atoms with Crippen molar-refractivity contribution in [3.8, 4) is 0 Å². The summed E-state index contributed by atoms with van der Waals surface area (Å²) in [6.07, 6.45) is 4.46. The lowest BCUT2D eigenvalue weighted by molar-refractivity contribution is -0.151. The van der Waals surface area contributed by atoms with E-state index in [0.29, 0.717) is 25.0 Å². The van der Waals surface area contributed by atoms with E-state index in [4.69, 9.17) is 0 Å². The predicted octanol–water partition coefficient (Wildman–Crippen LogP) is 3.46. The number of hydrogen-bond acceptors (Lipinski definition) is 3. The second kappa shape index (κ2) is 8.34. The van der Waals surface area contributed by atoms with Gasteiger partial charge in [-0.25, -0.2) is 4.39 Å². The van der Waals surface area contributed by atoms with Crippen molar-refractivity contribution in [3.63, 3.8) is 0 Å². The standard InChI is InChI=1S/C17H22FNO3S/c18-13-4-6-14(7-5-13)23-11-8-15(20)19-12-17(16(21)22)9-2-1-3-10-17/h4-7H,1-3,8-12H2,(H,19,20)(H,21,22). The predicted molar refractivity (Wildman–Crippen MR) is 87.9 cm³/mol. The molecule has 1 aromatic carbocycles. The first-order valence-corrected chi connectivity index (χ1v) is 8.89. The van der Waals surface area contributed by atoms with Gasteiger partial charge in [0, 0.05) is 23.6 Å². The molecule has 6 heteroatoms. The molecule has 1 fully saturated rings. The Morgan fingerprint density at radius 2 is 1.83 bits per heavy atom. The molecule has 2 N–H and O–H groups in total. The smallest absolute Gasteiger partial charge is 0.311 e. The second-order valence-electron chi connectivity index (χ2n) is 5.98. The summed E-state index contributed by atoms with van der Waals surface area (Å²) in [5, 5.41) is 12.2. The zero-order chi connectivity index (χ0) is 16.7. The molecule has 1 aliphatic rings. The number of amides is 1. The minimum Gasteiger partial charge on any atom is -0.481 e. The van der Waals surface area contributed by atoms with Gasteiger partial charge < -0.3 is 10.4 Å². The van der Waals surface area contributed by atoms with Gasteiger partial charge in [-0.05, 0) is 37.1 Å². The lowest BCUT2D eigenvalue weighted by Gasteiger charge is -2.33. The van der Waals surface area contributed by atoms with Crippen LogP contribution < -0.4 is 5.32 Å². The van der Waals surface area contributed by atoms with Gasteiger partial charge in [-0.3, -0.25) is 9.59 Å². The Bertz CT molecular complexity index is 541. The highest BCUT2D eigenvalue weighted by Gasteiger charge is 2.39. The second-order valence-corrected chi connectivity index (χ2v) is 7.14. The van der Waals surface area contributed by atoms with Gasteiger partial charge in [0.2, 0.25) is 5.91 Å². The molecule has 0 heterocycles. The van der Waals surface area contributed by atoms with Crippen molar-refractivity contribution in [1.29, 1.82) is 0 Å². The van der Waals surface area contributed by atoms with E-state index in [1.54, 1.807) is 12.1 Å². The van der Waals surface area contributed by atoms with Crippen molar-refractivity contribution in [3.05, 3.63) is 30.1 Å². The number of thioether (sulfide) groups is 1. The average Bonchev–Trinajstić information content (AvgIpc) is 2.55. The van der Waals surface area contributed by atoms with Crippen molar-refractivity contribution < 1.29 is 19.1 Å². The Morgan fingerprint density at radius 3 is 2.43 bits per heavy atom. The normalized spacial score (nSPS) is 16.7. The van der Waals surface area contributed by atoms with E-state index in [2.05, 4.69) is 5.32 Å². The molecule has 0 unspecified atom stereocenters. The van der Waals surface area contributed by atoms with E-state index >= 15 is 0 Å². The molecule has 0 saturated heterocycles. The van der Waals surface area contributed by atoms with Crippen LogP contribution in [0.15, 0.2) is 29.2 Å². The molecule has 0 bridgehead atoms. The Labute approximate surface area is 139 Å². The average molecular weight is 339 g/mol. The molecule has 1 aliphatic carbocycles. The van der Waals surface area contributed by atoms with Crippen LogP contribution in [-0.4, -0.2) is 29.3 Å². The molecule has 1 aromatic rings. The summed E-state index contributed by atoms with van der Waals surface area (Å²) in [6, 6.07) is 6.14. The van der Waals surface area contributed by atoms with Crippen LogP contribution in [0, 0.1) is 11.2 Å². The molecule has 1 saturated carbocycles. The lowest BCUT2D eigenvalue weighted by Crippen LogP contribution is -2.44. The molecule has 0 spiro atoms. The summed E-state index contributed by atoms with van der Waals surface area (Å²) < 4.78 is 12.8. The number of hydrogen-bond donors (Lipinski definition) is 2. The maximum atomic E-state index is 12.8.